The predicted octanol–water partition coefficient (Wildman–Crippen LogP) is 4.11. The number of carbonyl (C=O) groups is 1. The van der Waals surface area contributed by atoms with Crippen molar-refractivity contribution in [3.8, 4) is 11.5 Å². The minimum Gasteiger partial charge on any atom is -0.495 e. The van der Waals surface area contributed by atoms with Gasteiger partial charge in [-0.25, -0.2) is 0 Å². The predicted molar refractivity (Wildman–Crippen MR) is 97.5 cm³/mol. The monoisotopic (exact) mass is 348 g/mol. The molecule has 128 valence electrons. The highest BCUT2D eigenvalue weighted by Crippen LogP contribution is 2.27. The van der Waals surface area contributed by atoms with E-state index in [4.69, 9.17) is 21.1 Å². The number of amides is 1. The number of carbonyl (C=O) groups excluding carboxylic acids is 1. The molecule has 2 rings (SSSR count). The van der Waals surface area contributed by atoms with Gasteiger partial charge in [0.2, 0.25) is 5.91 Å². The fourth-order valence-corrected chi connectivity index (χ4v) is 2.49. The van der Waals surface area contributed by atoms with E-state index >= 15 is 0 Å². The second-order valence-corrected chi connectivity index (χ2v) is 5.69. The van der Waals surface area contributed by atoms with E-state index in [1.165, 1.54) is 0 Å². The van der Waals surface area contributed by atoms with Crippen LogP contribution in [-0.2, 0) is 4.79 Å². The molecule has 0 saturated heterocycles. The number of nitrogens with one attached hydrogen (secondary N) is 2. The van der Waals surface area contributed by atoms with Crippen LogP contribution < -0.4 is 20.1 Å². The van der Waals surface area contributed by atoms with Gasteiger partial charge in [0.05, 0.1) is 24.9 Å². The summed E-state index contributed by atoms with van der Waals surface area (Å²) in [7, 11) is 3.15. The maximum atomic E-state index is 12.1. The lowest BCUT2D eigenvalue weighted by atomic mass is 10.2. The Kier molecular flexibility index (Phi) is 6.32. The van der Waals surface area contributed by atoms with Crippen molar-refractivity contribution in [2.24, 2.45) is 0 Å². The first-order valence-electron chi connectivity index (χ1n) is 7.55. The van der Waals surface area contributed by atoms with Crippen molar-refractivity contribution in [2.45, 2.75) is 13.3 Å². The van der Waals surface area contributed by atoms with Gasteiger partial charge in [-0.05, 0) is 42.8 Å². The van der Waals surface area contributed by atoms with Crippen molar-refractivity contribution in [1.82, 2.24) is 0 Å². The third-order valence-electron chi connectivity index (χ3n) is 3.46. The fraction of sp³-hybridized carbons (Fsp3) is 0.278. The van der Waals surface area contributed by atoms with Crippen LogP contribution in [0, 0.1) is 6.92 Å². The Morgan fingerprint density at radius 2 is 1.79 bits per heavy atom. The Hall–Kier alpha value is -2.40. The van der Waals surface area contributed by atoms with E-state index in [0.29, 0.717) is 35.2 Å². The zero-order valence-electron chi connectivity index (χ0n) is 14.0. The van der Waals surface area contributed by atoms with Crippen LogP contribution >= 0.6 is 11.6 Å². The van der Waals surface area contributed by atoms with Crippen LogP contribution in [0.15, 0.2) is 36.4 Å². The van der Waals surface area contributed by atoms with Crippen LogP contribution in [0.1, 0.15) is 12.0 Å². The summed E-state index contributed by atoms with van der Waals surface area (Å²) in [5, 5.41) is 6.55. The number of halogens is 1. The van der Waals surface area contributed by atoms with Crippen LogP contribution in [-0.4, -0.2) is 26.7 Å². The minimum atomic E-state index is -0.0917. The molecule has 1 amide bonds. The summed E-state index contributed by atoms with van der Waals surface area (Å²) < 4.78 is 10.4. The van der Waals surface area contributed by atoms with E-state index in [1.54, 1.807) is 26.4 Å². The van der Waals surface area contributed by atoms with Crippen molar-refractivity contribution < 1.29 is 14.3 Å². The highest BCUT2D eigenvalue weighted by Gasteiger charge is 2.08. The number of methoxy groups -OCH3 is 2. The van der Waals surface area contributed by atoms with Gasteiger partial charge >= 0.3 is 0 Å². The molecular weight excluding hydrogens is 328 g/mol. The normalized spacial score (nSPS) is 10.2. The average molecular weight is 349 g/mol. The van der Waals surface area contributed by atoms with Gasteiger partial charge in [-0.3, -0.25) is 4.79 Å². The van der Waals surface area contributed by atoms with Crippen LogP contribution in [0.4, 0.5) is 11.4 Å². The van der Waals surface area contributed by atoms with E-state index in [2.05, 4.69) is 10.6 Å². The molecule has 24 heavy (non-hydrogen) atoms. The van der Waals surface area contributed by atoms with Crippen LogP contribution in [0.2, 0.25) is 5.02 Å². The van der Waals surface area contributed by atoms with E-state index < -0.39 is 0 Å². The van der Waals surface area contributed by atoms with Crippen molar-refractivity contribution in [3.05, 3.63) is 47.0 Å². The second-order valence-electron chi connectivity index (χ2n) is 5.28. The molecular formula is C18H21ClN2O3. The molecule has 0 heterocycles. The van der Waals surface area contributed by atoms with Crippen molar-refractivity contribution in [1.29, 1.82) is 0 Å². The zero-order chi connectivity index (χ0) is 17.5. The second kappa shape index (κ2) is 8.45. The van der Waals surface area contributed by atoms with E-state index in [1.807, 2.05) is 31.2 Å². The van der Waals surface area contributed by atoms with Crippen LogP contribution in [0.25, 0.3) is 0 Å². The van der Waals surface area contributed by atoms with Gasteiger partial charge in [-0.2, -0.15) is 0 Å². The smallest absolute Gasteiger partial charge is 0.226 e. The molecule has 2 aromatic rings. The Balaban J connectivity index is 1.88. The topological polar surface area (TPSA) is 59.6 Å². The largest absolute Gasteiger partial charge is 0.495 e. The van der Waals surface area contributed by atoms with Crippen molar-refractivity contribution in [2.75, 3.05) is 31.4 Å². The van der Waals surface area contributed by atoms with Gasteiger partial charge < -0.3 is 20.1 Å². The highest BCUT2D eigenvalue weighted by atomic mass is 35.5. The number of ether oxygens (including phenoxy) is 2. The molecule has 6 heteroatoms. The molecule has 0 spiro atoms. The fourth-order valence-electron chi connectivity index (χ4n) is 2.23. The van der Waals surface area contributed by atoms with Gasteiger partial charge in [-0.1, -0.05) is 17.7 Å². The molecule has 0 atom stereocenters. The summed E-state index contributed by atoms with van der Waals surface area (Å²) in [6.45, 7) is 2.45. The molecule has 0 aromatic heterocycles. The molecule has 0 aliphatic carbocycles. The first kappa shape index (κ1) is 17.9. The van der Waals surface area contributed by atoms with Gasteiger partial charge in [0, 0.05) is 18.7 Å². The molecule has 0 bridgehead atoms. The maximum Gasteiger partial charge on any atom is 0.226 e. The number of aryl methyl sites for hydroxylation is 1. The summed E-state index contributed by atoms with van der Waals surface area (Å²) in [5.74, 6) is 1.17. The Bertz CT molecular complexity index is 719. The maximum absolute atomic E-state index is 12.1. The Labute approximate surface area is 146 Å². The molecule has 0 radical (unpaired) electrons. The third-order valence-corrected chi connectivity index (χ3v) is 3.76. The zero-order valence-corrected chi connectivity index (χ0v) is 14.7. The highest BCUT2D eigenvalue weighted by molar-refractivity contribution is 6.32. The summed E-state index contributed by atoms with van der Waals surface area (Å²) in [4.78, 5) is 12.1. The van der Waals surface area contributed by atoms with Crippen LogP contribution in [0.5, 0.6) is 11.5 Å². The van der Waals surface area contributed by atoms with Crippen LogP contribution in [0.3, 0.4) is 0 Å². The van der Waals surface area contributed by atoms with E-state index in [0.717, 1.165) is 11.3 Å². The van der Waals surface area contributed by atoms with Gasteiger partial charge in [-0.15, -0.1) is 0 Å². The molecule has 0 fully saturated rings. The lowest BCUT2D eigenvalue weighted by molar-refractivity contribution is -0.116. The number of anilines is 2. The van der Waals surface area contributed by atoms with E-state index in [9.17, 15) is 4.79 Å². The van der Waals surface area contributed by atoms with Gasteiger partial charge in [0.15, 0.2) is 0 Å². The molecule has 5 nitrogen and oxygen atoms in total. The Morgan fingerprint density at radius 3 is 2.46 bits per heavy atom. The average Bonchev–Trinajstić information content (AvgIpc) is 2.55. The molecule has 2 aromatic carbocycles. The third kappa shape index (κ3) is 4.80. The summed E-state index contributed by atoms with van der Waals surface area (Å²) in [5.41, 5.74) is 2.56. The summed E-state index contributed by atoms with van der Waals surface area (Å²) in [6.07, 6.45) is 0.320. The van der Waals surface area contributed by atoms with Gasteiger partial charge in [0.1, 0.15) is 11.5 Å². The summed E-state index contributed by atoms with van der Waals surface area (Å²) >= 11 is 6.07. The van der Waals surface area contributed by atoms with Crippen molar-refractivity contribution in [3.63, 3.8) is 0 Å². The number of benzene rings is 2. The first-order chi connectivity index (χ1) is 11.5. The summed E-state index contributed by atoms with van der Waals surface area (Å²) in [6, 6.07) is 11.1. The quantitative estimate of drug-likeness (QED) is 0.790. The minimum absolute atomic E-state index is 0.0917. The van der Waals surface area contributed by atoms with Gasteiger partial charge in [0.25, 0.3) is 0 Å². The van der Waals surface area contributed by atoms with E-state index in [-0.39, 0.29) is 5.91 Å². The standard InChI is InChI=1S/C18H21ClN2O3/c1-12-4-6-17(24-3)15(10-12)21-18(22)8-9-20-13-5-7-16(23-2)14(19)11-13/h4-7,10-11,20H,8-9H2,1-3H3,(H,21,22). The van der Waals surface area contributed by atoms with Crippen molar-refractivity contribution >= 4 is 28.9 Å². The number of rotatable bonds is 7. The first-order valence-corrected chi connectivity index (χ1v) is 7.93. The number of hydrogen-bond acceptors (Lipinski definition) is 4. The SMILES string of the molecule is COc1ccc(NCCC(=O)Nc2cc(C)ccc2OC)cc1Cl. The molecule has 0 aliphatic rings. The molecule has 0 aliphatic heterocycles. The lowest BCUT2D eigenvalue weighted by Gasteiger charge is -2.12. The number of hydrogen-bond donors (Lipinski definition) is 2. The Morgan fingerprint density at radius 1 is 1.08 bits per heavy atom. The molecule has 0 saturated carbocycles. The molecule has 2 N–H and O–H groups in total. The molecule has 0 unspecified atom stereocenters. The lowest BCUT2D eigenvalue weighted by Crippen LogP contribution is -2.16.